The van der Waals surface area contributed by atoms with Crippen LogP contribution in [-0.4, -0.2) is 6.04 Å². The molecule has 1 aromatic carbocycles. The van der Waals surface area contributed by atoms with Gasteiger partial charge in [0.1, 0.15) is 0 Å². The van der Waals surface area contributed by atoms with Gasteiger partial charge < -0.3 is 5.32 Å². The lowest BCUT2D eigenvalue weighted by atomic mass is 9.62. The first-order valence-electron chi connectivity index (χ1n) is 7.53. The molecular formula is C18H20N2S. The van der Waals surface area contributed by atoms with Gasteiger partial charge in [0, 0.05) is 22.3 Å². The Morgan fingerprint density at radius 1 is 1.19 bits per heavy atom. The van der Waals surface area contributed by atoms with Gasteiger partial charge in [-0.1, -0.05) is 37.3 Å². The minimum Gasteiger partial charge on any atom is -0.309 e. The van der Waals surface area contributed by atoms with E-state index in [1.54, 1.807) is 0 Å². The van der Waals surface area contributed by atoms with E-state index in [1.165, 1.54) is 9.75 Å². The predicted molar refractivity (Wildman–Crippen MR) is 87.3 cm³/mol. The van der Waals surface area contributed by atoms with Gasteiger partial charge in [-0.25, -0.2) is 0 Å². The number of nitriles is 1. The van der Waals surface area contributed by atoms with Crippen molar-refractivity contribution < 1.29 is 0 Å². The Hall–Kier alpha value is -1.63. The summed E-state index contributed by atoms with van der Waals surface area (Å²) in [6.45, 7) is 3.11. The van der Waals surface area contributed by atoms with Crippen LogP contribution in [0.2, 0.25) is 0 Å². The molecule has 2 nitrogen and oxygen atoms in total. The zero-order chi connectivity index (χ0) is 14.7. The van der Waals surface area contributed by atoms with E-state index in [0.717, 1.165) is 31.4 Å². The molecule has 1 aliphatic carbocycles. The highest BCUT2D eigenvalue weighted by Gasteiger charge is 2.45. The van der Waals surface area contributed by atoms with Crippen molar-refractivity contribution in [3.05, 3.63) is 57.8 Å². The molecule has 0 radical (unpaired) electrons. The molecule has 0 aliphatic heterocycles. The van der Waals surface area contributed by atoms with Crippen LogP contribution in [0.15, 0.2) is 42.5 Å². The predicted octanol–water partition coefficient (Wildman–Crippen LogP) is 4.02. The molecule has 1 aliphatic rings. The molecule has 1 N–H and O–H groups in total. The maximum Gasteiger partial charge on any atom is 0.0852 e. The van der Waals surface area contributed by atoms with Crippen LogP contribution >= 0.6 is 11.3 Å². The summed E-state index contributed by atoms with van der Waals surface area (Å²) >= 11 is 1.88. The fraction of sp³-hybridized carbons (Fsp3) is 0.389. The number of nitrogens with zero attached hydrogens (tertiary/aromatic N) is 1. The van der Waals surface area contributed by atoms with Crippen LogP contribution in [-0.2, 0) is 18.4 Å². The Morgan fingerprint density at radius 2 is 1.90 bits per heavy atom. The second-order valence-electron chi connectivity index (χ2n) is 5.77. The van der Waals surface area contributed by atoms with Gasteiger partial charge in [-0.3, -0.25) is 0 Å². The van der Waals surface area contributed by atoms with E-state index in [9.17, 15) is 5.26 Å². The van der Waals surface area contributed by atoms with Crippen molar-refractivity contribution in [3.63, 3.8) is 0 Å². The van der Waals surface area contributed by atoms with Crippen LogP contribution in [0.3, 0.4) is 0 Å². The second-order valence-corrected chi connectivity index (χ2v) is 7.02. The summed E-state index contributed by atoms with van der Waals surface area (Å²) in [5.74, 6) is 0. The standard InChI is InChI=1S/C18H20N2S/c1-2-16-8-9-17(21-16)12-20-15-10-18(11-15,13-19)14-6-4-3-5-7-14/h3-9,15,20H,2,10-12H2,1H3. The van der Waals surface area contributed by atoms with Crippen LogP contribution in [0.4, 0.5) is 0 Å². The van der Waals surface area contributed by atoms with Gasteiger partial charge in [-0.05, 0) is 37.0 Å². The van der Waals surface area contributed by atoms with Crippen molar-refractivity contribution >= 4 is 11.3 Å². The molecule has 0 atom stereocenters. The highest BCUT2D eigenvalue weighted by molar-refractivity contribution is 7.11. The van der Waals surface area contributed by atoms with Crippen molar-refractivity contribution in [3.8, 4) is 6.07 Å². The van der Waals surface area contributed by atoms with Gasteiger partial charge in [0.25, 0.3) is 0 Å². The van der Waals surface area contributed by atoms with E-state index in [2.05, 4.69) is 42.6 Å². The molecule has 21 heavy (non-hydrogen) atoms. The third-order valence-corrected chi connectivity index (χ3v) is 5.59. The van der Waals surface area contributed by atoms with E-state index in [4.69, 9.17) is 0 Å². The molecule has 1 saturated carbocycles. The fourth-order valence-corrected chi connectivity index (χ4v) is 3.94. The smallest absolute Gasteiger partial charge is 0.0852 e. The quantitative estimate of drug-likeness (QED) is 0.904. The second kappa shape index (κ2) is 6.01. The van der Waals surface area contributed by atoms with Gasteiger partial charge in [0.15, 0.2) is 0 Å². The van der Waals surface area contributed by atoms with Crippen molar-refractivity contribution in [2.24, 2.45) is 0 Å². The molecule has 1 fully saturated rings. The largest absolute Gasteiger partial charge is 0.309 e. The first-order valence-corrected chi connectivity index (χ1v) is 8.35. The minimum absolute atomic E-state index is 0.275. The maximum atomic E-state index is 9.55. The van der Waals surface area contributed by atoms with Gasteiger partial charge in [0.05, 0.1) is 11.5 Å². The van der Waals surface area contributed by atoms with Gasteiger partial charge in [-0.2, -0.15) is 5.26 Å². The summed E-state index contributed by atoms with van der Waals surface area (Å²) < 4.78 is 0. The van der Waals surface area contributed by atoms with Crippen molar-refractivity contribution in [1.82, 2.24) is 5.32 Å². The Morgan fingerprint density at radius 3 is 2.52 bits per heavy atom. The molecule has 0 bridgehead atoms. The average Bonchev–Trinajstić information content (AvgIpc) is 2.95. The fourth-order valence-electron chi connectivity index (χ4n) is 3.03. The molecule has 0 spiro atoms. The first kappa shape index (κ1) is 14.3. The molecule has 0 amide bonds. The molecule has 0 unspecified atom stereocenters. The summed E-state index contributed by atoms with van der Waals surface area (Å²) in [6.07, 6.45) is 2.94. The molecule has 0 saturated heterocycles. The first-order chi connectivity index (χ1) is 10.3. The van der Waals surface area contributed by atoms with Crippen LogP contribution in [0.1, 0.15) is 35.1 Å². The van der Waals surface area contributed by atoms with E-state index in [-0.39, 0.29) is 5.41 Å². The Balaban J connectivity index is 1.56. The number of hydrogen-bond acceptors (Lipinski definition) is 3. The molecule has 1 aromatic heterocycles. The van der Waals surface area contributed by atoms with Gasteiger partial charge in [0.2, 0.25) is 0 Å². The van der Waals surface area contributed by atoms with Crippen LogP contribution in [0.25, 0.3) is 0 Å². The number of thiophene rings is 1. The summed E-state index contributed by atoms with van der Waals surface area (Å²) in [4.78, 5) is 2.83. The average molecular weight is 296 g/mol. The van der Waals surface area contributed by atoms with Crippen LogP contribution in [0.5, 0.6) is 0 Å². The van der Waals surface area contributed by atoms with Crippen molar-refractivity contribution in [2.45, 2.75) is 44.2 Å². The van der Waals surface area contributed by atoms with Crippen molar-refractivity contribution in [1.29, 1.82) is 5.26 Å². The zero-order valence-corrected chi connectivity index (χ0v) is 13.1. The Bertz CT molecular complexity index is 633. The molecular weight excluding hydrogens is 276 g/mol. The maximum absolute atomic E-state index is 9.55. The number of aryl methyl sites for hydroxylation is 1. The van der Waals surface area contributed by atoms with E-state index in [0.29, 0.717) is 6.04 Å². The van der Waals surface area contributed by atoms with E-state index >= 15 is 0 Å². The summed E-state index contributed by atoms with van der Waals surface area (Å²) in [7, 11) is 0. The third kappa shape index (κ3) is 2.88. The number of rotatable bonds is 5. The molecule has 1 heterocycles. The highest BCUT2D eigenvalue weighted by Crippen LogP contribution is 2.43. The highest BCUT2D eigenvalue weighted by atomic mass is 32.1. The lowest BCUT2D eigenvalue weighted by molar-refractivity contribution is 0.226. The molecule has 3 rings (SSSR count). The summed E-state index contributed by atoms with van der Waals surface area (Å²) in [5.41, 5.74) is 0.887. The Kier molecular flexibility index (Phi) is 4.10. The topological polar surface area (TPSA) is 35.8 Å². The van der Waals surface area contributed by atoms with E-state index in [1.807, 2.05) is 29.5 Å². The molecule has 2 aromatic rings. The number of benzene rings is 1. The summed E-state index contributed by atoms with van der Waals surface area (Å²) in [5, 5.41) is 13.1. The minimum atomic E-state index is -0.275. The normalized spacial score (nSPS) is 24.3. The van der Waals surface area contributed by atoms with Gasteiger partial charge >= 0.3 is 0 Å². The monoisotopic (exact) mass is 296 g/mol. The SMILES string of the molecule is CCc1ccc(CNC2CC(C#N)(c3ccccc3)C2)s1. The van der Waals surface area contributed by atoms with Crippen LogP contribution < -0.4 is 5.32 Å². The number of nitrogens with one attached hydrogen (secondary N) is 1. The van der Waals surface area contributed by atoms with E-state index < -0.39 is 0 Å². The Labute approximate surface area is 130 Å². The summed E-state index contributed by atoms with van der Waals surface area (Å²) in [6, 6.07) is 17.6. The third-order valence-electron chi connectivity index (χ3n) is 4.36. The zero-order valence-electron chi connectivity index (χ0n) is 12.3. The lowest BCUT2D eigenvalue weighted by Gasteiger charge is -2.43. The van der Waals surface area contributed by atoms with Crippen molar-refractivity contribution in [2.75, 3.05) is 0 Å². The van der Waals surface area contributed by atoms with Gasteiger partial charge in [-0.15, -0.1) is 11.3 Å². The molecule has 108 valence electrons. The lowest BCUT2D eigenvalue weighted by Crippen LogP contribution is -2.50. The molecule has 3 heteroatoms. The van der Waals surface area contributed by atoms with Crippen LogP contribution in [0, 0.1) is 11.3 Å². The number of hydrogen-bond donors (Lipinski definition) is 1.